The van der Waals surface area contributed by atoms with Crippen LogP contribution in [0.25, 0.3) is 0 Å². The first-order valence-corrected chi connectivity index (χ1v) is 16.0. The van der Waals surface area contributed by atoms with Crippen molar-refractivity contribution in [3.8, 4) is 0 Å². The molecule has 0 bridgehead atoms. The number of anilines is 1. The summed E-state index contributed by atoms with van der Waals surface area (Å²) < 4.78 is 63.3. The first kappa shape index (κ1) is 33.4. The highest BCUT2D eigenvalue weighted by Crippen LogP contribution is 2.43. The van der Waals surface area contributed by atoms with E-state index in [-0.39, 0.29) is 56.4 Å². The standard InChI is InChI=1S/C32H44F4N4O5/c1-3-28(41)38-13-8-24(9-14-38)39-15-10-31(33,20-39)30(44)40-17-22(19-45-2)26(18-40)25-5-4-23(32(34,35)36)16-27(25)37-11-6-21(7-12-37)29(42)43/h4-5,16,21-22,24,26H,3,6-15,17-20H2,1-2H3,(H,42,43)/t22-,26+,31-/m1/s1. The Hall–Kier alpha value is -2.93. The maximum absolute atomic E-state index is 16.4. The minimum absolute atomic E-state index is 0.0155. The number of likely N-dealkylation sites (tertiary alicyclic amines) is 3. The van der Waals surface area contributed by atoms with Crippen LogP contribution in [0.4, 0.5) is 23.2 Å². The van der Waals surface area contributed by atoms with E-state index >= 15 is 4.39 Å². The predicted octanol–water partition coefficient (Wildman–Crippen LogP) is 4.01. The number of halogens is 4. The van der Waals surface area contributed by atoms with Gasteiger partial charge in [0.15, 0.2) is 0 Å². The van der Waals surface area contributed by atoms with E-state index < -0.39 is 35.2 Å². The van der Waals surface area contributed by atoms with E-state index in [1.807, 2.05) is 21.6 Å². The molecule has 45 heavy (non-hydrogen) atoms. The van der Waals surface area contributed by atoms with Gasteiger partial charge in [-0.15, -0.1) is 0 Å². The normalized spacial score (nSPS) is 27.4. The lowest BCUT2D eigenvalue weighted by atomic mass is 9.86. The monoisotopic (exact) mass is 640 g/mol. The van der Waals surface area contributed by atoms with Gasteiger partial charge in [0.1, 0.15) is 0 Å². The highest BCUT2D eigenvalue weighted by atomic mass is 19.4. The number of carbonyl (C=O) groups is 3. The highest BCUT2D eigenvalue weighted by molar-refractivity contribution is 5.86. The van der Waals surface area contributed by atoms with Crippen molar-refractivity contribution in [1.29, 1.82) is 0 Å². The van der Waals surface area contributed by atoms with Crippen LogP contribution in [0, 0.1) is 11.8 Å². The third-order valence-corrected chi connectivity index (χ3v) is 10.3. The van der Waals surface area contributed by atoms with Gasteiger partial charge in [-0.3, -0.25) is 19.3 Å². The largest absolute Gasteiger partial charge is 0.481 e. The van der Waals surface area contributed by atoms with Crippen molar-refractivity contribution in [2.24, 2.45) is 11.8 Å². The molecule has 13 heteroatoms. The molecule has 4 fully saturated rings. The zero-order valence-corrected chi connectivity index (χ0v) is 26.0. The number of carbonyl (C=O) groups excluding carboxylic acids is 2. The summed E-state index contributed by atoms with van der Waals surface area (Å²) in [6, 6.07) is 3.72. The SMILES string of the molecule is CCC(=O)N1CCC(N2CC[C@](F)(C(=O)N3C[C@H](COC)[C@@H](c4ccc(C(F)(F)F)cc4N4CCC(C(=O)O)CC4)C3)C2)CC1. The van der Waals surface area contributed by atoms with E-state index in [0.717, 1.165) is 25.0 Å². The molecule has 3 atom stereocenters. The maximum Gasteiger partial charge on any atom is 0.416 e. The number of aliphatic carboxylic acids is 1. The van der Waals surface area contributed by atoms with Gasteiger partial charge in [-0.1, -0.05) is 13.0 Å². The molecule has 4 heterocycles. The molecule has 0 aromatic heterocycles. The Morgan fingerprint density at radius 1 is 1.00 bits per heavy atom. The number of ether oxygens (including phenoxy) is 1. The quantitative estimate of drug-likeness (QED) is 0.430. The highest BCUT2D eigenvalue weighted by Gasteiger charge is 2.51. The van der Waals surface area contributed by atoms with Gasteiger partial charge in [-0.25, -0.2) is 4.39 Å². The van der Waals surface area contributed by atoms with Crippen LogP contribution < -0.4 is 4.90 Å². The van der Waals surface area contributed by atoms with Gasteiger partial charge in [0.2, 0.25) is 11.6 Å². The molecule has 2 amide bonds. The lowest BCUT2D eigenvalue weighted by molar-refractivity contribution is -0.143. The molecule has 250 valence electrons. The van der Waals surface area contributed by atoms with Gasteiger partial charge in [-0.05, 0) is 43.4 Å². The van der Waals surface area contributed by atoms with Crippen LogP contribution in [0.1, 0.15) is 62.5 Å². The molecule has 9 nitrogen and oxygen atoms in total. The smallest absolute Gasteiger partial charge is 0.416 e. The summed E-state index contributed by atoms with van der Waals surface area (Å²) in [4.78, 5) is 44.5. The van der Waals surface area contributed by atoms with Crippen LogP contribution in [0.15, 0.2) is 18.2 Å². The summed E-state index contributed by atoms with van der Waals surface area (Å²) in [5.41, 5.74) is -1.85. The number of piperidine rings is 2. The van der Waals surface area contributed by atoms with Gasteiger partial charge in [0.05, 0.1) is 18.1 Å². The molecule has 1 aromatic rings. The molecule has 0 saturated carbocycles. The van der Waals surface area contributed by atoms with Crippen molar-refractivity contribution in [3.05, 3.63) is 29.3 Å². The zero-order chi connectivity index (χ0) is 32.5. The average Bonchev–Trinajstić information content (AvgIpc) is 3.64. The number of nitrogens with zero attached hydrogens (tertiary/aromatic N) is 4. The van der Waals surface area contributed by atoms with Crippen molar-refractivity contribution in [1.82, 2.24) is 14.7 Å². The van der Waals surface area contributed by atoms with Gasteiger partial charge >= 0.3 is 12.1 Å². The molecule has 0 radical (unpaired) electrons. The summed E-state index contributed by atoms with van der Waals surface area (Å²) in [7, 11) is 1.52. The number of alkyl halides is 4. The molecule has 0 unspecified atom stereocenters. The summed E-state index contributed by atoms with van der Waals surface area (Å²) in [6.45, 7) is 4.73. The summed E-state index contributed by atoms with van der Waals surface area (Å²) in [6.07, 6.45) is -1.94. The van der Waals surface area contributed by atoms with Crippen LogP contribution >= 0.6 is 0 Å². The molecule has 4 aliphatic rings. The van der Waals surface area contributed by atoms with Crippen LogP contribution in [0.5, 0.6) is 0 Å². The third-order valence-electron chi connectivity index (χ3n) is 10.3. The van der Waals surface area contributed by atoms with Crippen molar-refractivity contribution < 1.29 is 41.8 Å². The predicted molar refractivity (Wildman–Crippen MR) is 159 cm³/mol. The van der Waals surface area contributed by atoms with Crippen molar-refractivity contribution in [2.75, 3.05) is 71.0 Å². The van der Waals surface area contributed by atoms with Crippen molar-refractivity contribution >= 4 is 23.5 Å². The maximum atomic E-state index is 16.4. The average molecular weight is 641 g/mol. The zero-order valence-electron chi connectivity index (χ0n) is 26.0. The number of carboxylic acid groups (broad SMARTS) is 1. The van der Waals surface area contributed by atoms with Gasteiger partial charge in [0.25, 0.3) is 5.91 Å². The van der Waals surface area contributed by atoms with Gasteiger partial charge in [0, 0.05) is 95.9 Å². The van der Waals surface area contributed by atoms with Crippen molar-refractivity contribution in [3.63, 3.8) is 0 Å². The molecule has 4 aliphatic heterocycles. The van der Waals surface area contributed by atoms with E-state index in [1.54, 1.807) is 0 Å². The number of amides is 2. The Morgan fingerprint density at radius 3 is 2.29 bits per heavy atom. The Morgan fingerprint density at radius 2 is 1.69 bits per heavy atom. The number of carboxylic acids is 1. The minimum atomic E-state index is -4.56. The van der Waals surface area contributed by atoms with E-state index in [9.17, 15) is 32.7 Å². The lowest BCUT2D eigenvalue weighted by Gasteiger charge is -2.37. The Kier molecular flexibility index (Phi) is 9.98. The number of rotatable bonds is 8. The topological polar surface area (TPSA) is 93.6 Å². The van der Waals surface area contributed by atoms with E-state index in [2.05, 4.69) is 0 Å². The molecule has 1 aromatic carbocycles. The third kappa shape index (κ3) is 7.08. The number of benzene rings is 1. The summed E-state index contributed by atoms with van der Waals surface area (Å²) in [5.74, 6) is -2.58. The van der Waals surface area contributed by atoms with E-state index in [4.69, 9.17) is 4.74 Å². The number of hydrogen-bond acceptors (Lipinski definition) is 6. The second-order valence-corrected chi connectivity index (χ2v) is 13.1. The van der Waals surface area contributed by atoms with Crippen LogP contribution in [0.3, 0.4) is 0 Å². The van der Waals surface area contributed by atoms with Gasteiger partial charge < -0.3 is 24.5 Å². The Balaban J connectivity index is 1.33. The van der Waals surface area contributed by atoms with Gasteiger partial charge in [-0.2, -0.15) is 13.2 Å². The molecule has 4 saturated heterocycles. The van der Waals surface area contributed by atoms with Crippen LogP contribution in [0.2, 0.25) is 0 Å². The fourth-order valence-corrected chi connectivity index (χ4v) is 7.72. The Labute approximate surface area is 261 Å². The number of methoxy groups -OCH3 is 1. The first-order chi connectivity index (χ1) is 21.3. The second-order valence-electron chi connectivity index (χ2n) is 13.1. The molecule has 0 spiro atoms. The summed E-state index contributed by atoms with van der Waals surface area (Å²) >= 11 is 0. The van der Waals surface area contributed by atoms with E-state index in [1.165, 1.54) is 18.1 Å². The molecule has 0 aliphatic carbocycles. The molecular formula is C32H44F4N4O5. The minimum Gasteiger partial charge on any atom is -0.481 e. The molecular weight excluding hydrogens is 596 g/mol. The van der Waals surface area contributed by atoms with Crippen LogP contribution in [-0.4, -0.2) is 115 Å². The fourth-order valence-electron chi connectivity index (χ4n) is 7.72. The fraction of sp³-hybridized carbons (Fsp3) is 0.719. The molecule has 5 rings (SSSR count). The van der Waals surface area contributed by atoms with E-state index in [0.29, 0.717) is 63.2 Å². The lowest BCUT2D eigenvalue weighted by Crippen LogP contribution is -2.50. The van der Waals surface area contributed by atoms with Crippen molar-refractivity contribution in [2.45, 2.75) is 69.3 Å². The first-order valence-electron chi connectivity index (χ1n) is 16.0. The second kappa shape index (κ2) is 13.4. The Bertz CT molecular complexity index is 1250. The molecule has 1 N–H and O–H groups in total. The van der Waals surface area contributed by atoms with Crippen LogP contribution in [-0.2, 0) is 25.3 Å². The number of hydrogen-bond donors (Lipinski definition) is 1. The summed E-state index contributed by atoms with van der Waals surface area (Å²) in [5, 5.41) is 9.42.